The van der Waals surface area contributed by atoms with E-state index < -0.39 is 8.80 Å². The van der Waals surface area contributed by atoms with Crippen LogP contribution < -0.4 is 15.6 Å². The number of aromatic nitrogens is 2. The molecule has 0 aliphatic carbocycles. The van der Waals surface area contributed by atoms with E-state index in [4.69, 9.17) is 4.98 Å². The molecule has 0 aliphatic heterocycles. The van der Waals surface area contributed by atoms with E-state index in [0.717, 1.165) is 22.2 Å². The molecule has 45 heavy (non-hydrogen) atoms. The van der Waals surface area contributed by atoms with Gasteiger partial charge >= 0.3 is 0 Å². The molecule has 5 heteroatoms. The maximum Gasteiger partial charge on any atom is 0.154 e. The third-order valence-electron chi connectivity index (χ3n) is 7.93. The Labute approximate surface area is 281 Å². The fraction of sp³-hybridized carbons (Fsp3) is 0. The summed E-state index contributed by atoms with van der Waals surface area (Å²) in [7, 11) is -1.14. The van der Waals surface area contributed by atoms with Crippen LogP contribution in [0.15, 0.2) is 152 Å². The topological polar surface area (TPSA) is 25.8 Å². The van der Waals surface area contributed by atoms with Crippen molar-refractivity contribution in [1.29, 1.82) is 0 Å². The summed E-state index contributed by atoms with van der Waals surface area (Å²) >= 11 is 1.89. The van der Waals surface area contributed by atoms with Gasteiger partial charge in [0.25, 0.3) is 0 Å². The van der Waals surface area contributed by atoms with Gasteiger partial charge < -0.3 is 9.97 Å². The van der Waals surface area contributed by atoms with Crippen molar-refractivity contribution in [3.63, 3.8) is 0 Å². The summed E-state index contributed by atoms with van der Waals surface area (Å²) < 4.78 is 2.67. The summed E-state index contributed by atoms with van der Waals surface area (Å²) in [5, 5.41) is 10.6. The zero-order valence-electron chi connectivity index (χ0n) is 24.1. The molecule has 0 unspecified atom stereocenters. The Kier molecular flexibility index (Phi) is 8.34. The Hall–Kier alpha value is -4.51. The molecular weight excluding hydrogens is 761 g/mol. The molecule has 0 atom stereocenters. The molecule has 2 radical (unpaired) electrons. The van der Waals surface area contributed by atoms with Crippen molar-refractivity contribution >= 4 is 77.5 Å². The Balaban J connectivity index is 0.000000211. The first kappa shape index (κ1) is 29.2. The largest absolute Gasteiger partial charge is 0.305 e. The predicted octanol–water partition coefficient (Wildman–Crippen LogP) is 8.06. The third kappa shape index (κ3) is 5.50. The first-order valence-electron chi connectivity index (χ1n) is 14.6. The average Bonchev–Trinajstić information content (AvgIpc) is 3.49. The second kappa shape index (κ2) is 12.8. The van der Waals surface area contributed by atoms with E-state index in [-0.39, 0.29) is 20.1 Å². The van der Waals surface area contributed by atoms with E-state index in [0.29, 0.717) is 0 Å². The average molecular weight is 786 g/mol. The predicted molar refractivity (Wildman–Crippen MR) is 188 cm³/mol. The molecule has 3 aromatic heterocycles. The Morgan fingerprint density at radius 1 is 0.533 bits per heavy atom. The number of thiophene rings is 1. The van der Waals surface area contributed by atoms with Crippen LogP contribution in [-0.2, 0) is 20.1 Å². The Bertz CT molecular complexity index is 2250. The van der Waals surface area contributed by atoms with Crippen LogP contribution in [0.3, 0.4) is 0 Å². The van der Waals surface area contributed by atoms with Gasteiger partial charge in [-0.05, 0) is 55.5 Å². The van der Waals surface area contributed by atoms with Crippen molar-refractivity contribution in [1.82, 2.24) is 9.97 Å². The quantitative estimate of drug-likeness (QED) is 0.0782. The minimum Gasteiger partial charge on any atom is -0.305 e. The van der Waals surface area contributed by atoms with Crippen LogP contribution in [0.1, 0.15) is 0 Å². The fourth-order valence-corrected chi connectivity index (χ4v) is 9.95. The van der Waals surface area contributed by atoms with Crippen LogP contribution >= 0.6 is 11.3 Å². The zero-order chi connectivity index (χ0) is 29.3. The van der Waals surface area contributed by atoms with Crippen molar-refractivity contribution < 1.29 is 20.1 Å². The van der Waals surface area contributed by atoms with Gasteiger partial charge in [-0.2, -0.15) is 11.3 Å². The van der Waals surface area contributed by atoms with E-state index in [9.17, 15) is 0 Å². The van der Waals surface area contributed by atoms with E-state index in [1.165, 1.54) is 46.5 Å². The molecule has 9 aromatic rings. The van der Waals surface area contributed by atoms with Gasteiger partial charge in [0.2, 0.25) is 0 Å². The smallest absolute Gasteiger partial charge is 0.154 e. The zero-order valence-corrected chi connectivity index (χ0v) is 28.3. The molecule has 0 aliphatic rings. The van der Waals surface area contributed by atoms with Gasteiger partial charge in [0.05, 0.1) is 0 Å². The third-order valence-corrected chi connectivity index (χ3v) is 11.7. The number of hydrogen-bond donors (Lipinski definition) is 0. The van der Waals surface area contributed by atoms with Gasteiger partial charge in [-0.1, -0.05) is 101 Å². The van der Waals surface area contributed by atoms with Crippen molar-refractivity contribution in [3.8, 4) is 11.3 Å². The Morgan fingerprint density at radius 2 is 1.27 bits per heavy atom. The van der Waals surface area contributed by atoms with Gasteiger partial charge in [-0.25, -0.2) is 0 Å². The summed E-state index contributed by atoms with van der Waals surface area (Å²) in [5.41, 5.74) is 3.06. The van der Waals surface area contributed by atoms with Crippen molar-refractivity contribution in [2.75, 3.05) is 0 Å². The van der Waals surface area contributed by atoms with Crippen LogP contribution in [0, 0.1) is 12.1 Å². The normalized spacial score (nSPS) is 11.1. The molecule has 0 spiro atoms. The maximum absolute atomic E-state index is 4.78. The maximum atomic E-state index is 4.78. The molecule has 216 valence electrons. The summed E-state index contributed by atoms with van der Waals surface area (Å²) in [6, 6.07) is 55.7. The number of nitrogens with zero attached hydrogens (tertiary/aromatic N) is 2. The van der Waals surface area contributed by atoms with Crippen LogP contribution in [0.25, 0.3) is 53.1 Å². The molecular formula is C40H25IrN2SSi-2. The van der Waals surface area contributed by atoms with Crippen LogP contribution in [0.5, 0.6) is 0 Å². The monoisotopic (exact) mass is 786 g/mol. The van der Waals surface area contributed by atoms with E-state index in [2.05, 4.69) is 108 Å². The number of rotatable bonds is 4. The number of fused-ring (bicyclic) bond motifs is 3. The van der Waals surface area contributed by atoms with Crippen molar-refractivity contribution in [2.24, 2.45) is 0 Å². The molecule has 0 bridgehead atoms. The van der Waals surface area contributed by atoms with E-state index in [1.807, 2.05) is 66.1 Å². The molecule has 0 fully saturated rings. The van der Waals surface area contributed by atoms with Crippen molar-refractivity contribution in [3.05, 3.63) is 164 Å². The first-order valence-corrected chi connectivity index (χ1v) is 16.9. The minimum absolute atomic E-state index is 0. The molecule has 3 heterocycles. The summed E-state index contributed by atoms with van der Waals surface area (Å²) in [5.74, 6) is 0. The molecule has 6 aromatic carbocycles. The van der Waals surface area contributed by atoms with Crippen LogP contribution in [0.2, 0.25) is 0 Å². The molecule has 2 nitrogen and oxygen atoms in total. The minimum atomic E-state index is -1.14. The molecule has 0 saturated heterocycles. The number of benzene rings is 6. The number of pyridine rings is 2. The van der Waals surface area contributed by atoms with Gasteiger partial charge in [-0.15, -0.1) is 59.5 Å². The van der Waals surface area contributed by atoms with E-state index >= 15 is 0 Å². The molecule has 0 N–H and O–H groups in total. The van der Waals surface area contributed by atoms with E-state index in [1.54, 1.807) is 6.20 Å². The molecule has 0 saturated carbocycles. The number of hydrogen-bond acceptors (Lipinski definition) is 3. The van der Waals surface area contributed by atoms with Crippen molar-refractivity contribution in [2.45, 2.75) is 0 Å². The van der Waals surface area contributed by atoms with Gasteiger partial charge in [-0.3, -0.25) is 0 Å². The fourth-order valence-electron chi connectivity index (χ4n) is 6.03. The summed E-state index contributed by atoms with van der Waals surface area (Å²) in [6.07, 6.45) is 3.68. The van der Waals surface area contributed by atoms with Crippen LogP contribution in [0.4, 0.5) is 0 Å². The standard InChI is InChI=1S/C29H17NSSi.C11H8N.Ir/c1-3-9-19(10-4-1)32(20-11-5-2-6-12-20)21-17-24-22-14-8-16-30-29(22)23-13-7-15-25-27(23)28(24)26(18-21)31-25;1-2-6-10(7-3-1)11-8-4-5-9-12-11;/h1-12,14-18H;1-6,8-9H;/q2*-1;. The van der Waals surface area contributed by atoms with Crippen LogP contribution in [-0.4, -0.2) is 18.8 Å². The van der Waals surface area contributed by atoms with Gasteiger partial charge in [0.15, 0.2) is 8.80 Å². The molecule has 0 amide bonds. The second-order valence-corrected chi connectivity index (χ2v) is 14.2. The van der Waals surface area contributed by atoms with Gasteiger partial charge in [0, 0.05) is 37.2 Å². The first-order chi connectivity index (χ1) is 21.8. The summed E-state index contributed by atoms with van der Waals surface area (Å²) in [6.45, 7) is 0. The Morgan fingerprint density at radius 3 is 1.98 bits per heavy atom. The van der Waals surface area contributed by atoms with Gasteiger partial charge in [0.1, 0.15) is 0 Å². The SMILES string of the molecule is [Ir].[c-]1ccc2sc3cc([Si](c4ccccc4)c4ccccc4)cc4c5cccnc5c1c2c34.[c-]1ccccc1-c1ccccn1. The summed E-state index contributed by atoms with van der Waals surface area (Å²) in [4.78, 5) is 9.00. The second-order valence-electron chi connectivity index (χ2n) is 10.6. The molecule has 9 rings (SSSR count).